The minimum absolute atomic E-state index is 0.0557. The molecule has 0 aliphatic heterocycles. The highest BCUT2D eigenvalue weighted by Gasteiger charge is 2.28. The second-order valence-electron chi connectivity index (χ2n) is 6.84. The van der Waals surface area contributed by atoms with Crippen molar-refractivity contribution < 1.29 is 22.7 Å². The first-order valence-electron chi connectivity index (χ1n) is 9.15. The van der Waals surface area contributed by atoms with Crippen LogP contribution in [0.5, 0.6) is 0 Å². The van der Waals surface area contributed by atoms with Crippen molar-refractivity contribution in [1.29, 1.82) is 0 Å². The minimum atomic E-state index is -0.722. The summed E-state index contributed by atoms with van der Waals surface area (Å²) >= 11 is 3.35. The predicted octanol–water partition coefficient (Wildman–Crippen LogP) is 5.82. The van der Waals surface area contributed by atoms with Crippen LogP contribution in [0.2, 0.25) is 0 Å². The zero-order chi connectivity index (χ0) is 20.5. The number of aromatic nitrogens is 2. The second kappa shape index (κ2) is 8.02. The summed E-state index contributed by atoms with van der Waals surface area (Å²) in [7, 11) is 0. The maximum Gasteiger partial charge on any atom is 0.360 e. The first kappa shape index (κ1) is 19.7. The lowest BCUT2D eigenvalue weighted by Gasteiger charge is -2.09. The summed E-state index contributed by atoms with van der Waals surface area (Å²) in [6.45, 7) is 0. The van der Waals surface area contributed by atoms with Crippen LogP contribution >= 0.6 is 15.9 Å². The number of halogens is 4. The number of esters is 1. The van der Waals surface area contributed by atoms with Gasteiger partial charge in [0.25, 0.3) is 0 Å². The quantitative estimate of drug-likeness (QED) is 0.457. The molecule has 1 heterocycles. The maximum atomic E-state index is 14.5. The number of benzene rings is 2. The lowest BCUT2D eigenvalue weighted by atomic mass is 10.1. The average Bonchev–Trinajstić information content (AvgIpc) is 3.32. The van der Waals surface area contributed by atoms with Crippen LogP contribution in [-0.2, 0) is 4.74 Å². The lowest BCUT2D eigenvalue weighted by molar-refractivity contribution is 0.0309. The highest BCUT2D eigenvalue weighted by Crippen LogP contribution is 2.35. The summed E-state index contributed by atoms with van der Waals surface area (Å²) in [6.07, 6.45) is 3.37. The van der Waals surface area contributed by atoms with Crippen molar-refractivity contribution in [2.24, 2.45) is 0 Å². The fraction of sp³-hybridized carbons (Fsp3) is 0.238. The summed E-state index contributed by atoms with van der Waals surface area (Å²) in [5.74, 6) is -2.48. The van der Waals surface area contributed by atoms with E-state index in [1.54, 1.807) is 0 Å². The van der Waals surface area contributed by atoms with E-state index in [1.165, 1.54) is 24.3 Å². The normalized spacial score (nSPS) is 14.3. The molecule has 1 aliphatic rings. The molecule has 8 heteroatoms. The molecule has 0 unspecified atom stereocenters. The van der Waals surface area contributed by atoms with Crippen molar-refractivity contribution in [1.82, 2.24) is 9.78 Å². The zero-order valence-corrected chi connectivity index (χ0v) is 16.8. The number of hydrogen-bond donors (Lipinski definition) is 0. The van der Waals surface area contributed by atoms with Gasteiger partial charge in [0.15, 0.2) is 5.69 Å². The molecular weight excluding hydrogens is 449 g/mol. The van der Waals surface area contributed by atoms with Gasteiger partial charge >= 0.3 is 5.97 Å². The van der Waals surface area contributed by atoms with Crippen LogP contribution in [0.3, 0.4) is 0 Å². The molecule has 3 aromatic rings. The van der Waals surface area contributed by atoms with Crippen LogP contribution in [0.25, 0.3) is 16.9 Å². The van der Waals surface area contributed by atoms with Crippen molar-refractivity contribution >= 4 is 21.9 Å². The molecule has 4 nitrogen and oxygen atoms in total. The zero-order valence-electron chi connectivity index (χ0n) is 15.2. The Balaban J connectivity index is 1.85. The van der Waals surface area contributed by atoms with Crippen molar-refractivity contribution in [3.63, 3.8) is 0 Å². The largest absolute Gasteiger partial charge is 0.458 e. The molecule has 0 N–H and O–H groups in total. The number of carbonyl (C=O) groups is 1. The predicted molar refractivity (Wildman–Crippen MR) is 104 cm³/mol. The Morgan fingerprint density at radius 2 is 1.69 bits per heavy atom. The molecular formula is C21H16BrF3N2O2. The number of carbonyl (C=O) groups excluding carboxylic acids is 1. The molecule has 150 valence electrons. The van der Waals surface area contributed by atoms with Gasteiger partial charge in [-0.3, -0.25) is 0 Å². The van der Waals surface area contributed by atoms with Gasteiger partial charge in [0.2, 0.25) is 0 Å². The van der Waals surface area contributed by atoms with Crippen molar-refractivity contribution in [2.75, 3.05) is 0 Å². The van der Waals surface area contributed by atoms with Gasteiger partial charge in [-0.05, 0) is 78.0 Å². The molecule has 0 radical (unpaired) electrons. The van der Waals surface area contributed by atoms with E-state index >= 15 is 0 Å². The molecule has 0 saturated heterocycles. The molecule has 1 fully saturated rings. The van der Waals surface area contributed by atoms with Crippen LogP contribution in [0, 0.1) is 17.5 Å². The van der Waals surface area contributed by atoms with Crippen molar-refractivity contribution in [3.8, 4) is 16.9 Å². The third-order valence-electron chi connectivity index (χ3n) is 4.85. The third-order valence-corrected chi connectivity index (χ3v) is 5.60. The maximum absolute atomic E-state index is 14.5. The van der Waals surface area contributed by atoms with Crippen molar-refractivity contribution in [2.45, 2.75) is 31.8 Å². The number of hydrogen-bond acceptors (Lipinski definition) is 3. The highest BCUT2D eigenvalue weighted by atomic mass is 79.9. The Labute approximate surface area is 173 Å². The SMILES string of the molecule is O=C(OC1CCCC1)c1nn(-c2cc(F)ccc2F)c(-c2ccc(F)cc2)c1Br. The standard InChI is InChI=1S/C21H16BrF3N2O2/c22-18-19(21(28)29-15-3-1-2-4-15)26-27(17-11-14(24)9-10-16(17)25)20(18)12-5-7-13(23)8-6-12/h5-11,15H,1-4H2. The first-order chi connectivity index (χ1) is 13.9. The Morgan fingerprint density at radius 3 is 2.38 bits per heavy atom. The number of rotatable bonds is 4. The molecule has 1 aliphatic carbocycles. The monoisotopic (exact) mass is 464 g/mol. The van der Waals surface area contributed by atoms with Crippen LogP contribution in [0.15, 0.2) is 46.9 Å². The molecule has 0 bridgehead atoms. The number of ether oxygens (including phenoxy) is 1. The van der Waals surface area contributed by atoms with Crippen LogP contribution < -0.4 is 0 Å². The molecule has 1 aromatic heterocycles. The Morgan fingerprint density at radius 1 is 1.03 bits per heavy atom. The lowest BCUT2D eigenvalue weighted by Crippen LogP contribution is -2.16. The van der Waals surface area contributed by atoms with E-state index < -0.39 is 23.4 Å². The van der Waals surface area contributed by atoms with Crippen LogP contribution in [0.1, 0.15) is 36.2 Å². The summed E-state index contributed by atoms with van der Waals surface area (Å²) in [4.78, 5) is 12.7. The van der Waals surface area contributed by atoms with Crippen LogP contribution in [-0.4, -0.2) is 21.9 Å². The molecule has 1 saturated carbocycles. The topological polar surface area (TPSA) is 44.1 Å². The molecule has 0 amide bonds. The van der Waals surface area contributed by atoms with Gasteiger partial charge in [0.05, 0.1) is 10.2 Å². The average molecular weight is 465 g/mol. The fourth-order valence-electron chi connectivity index (χ4n) is 3.42. The Hall–Kier alpha value is -2.61. The smallest absolute Gasteiger partial charge is 0.360 e. The van der Waals surface area contributed by atoms with Gasteiger partial charge < -0.3 is 4.74 Å². The van der Waals surface area contributed by atoms with Gasteiger partial charge in [-0.1, -0.05) is 0 Å². The molecule has 0 spiro atoms. The van der Waals surface area contributed by atoms with Gasteiger partial charge in [-0.15, -0.1) is 0 Å². The summed E-state index contributed by atoms with van der Waals surface area (Å²) < 4.78 is 48.6. The van der Waals surface area contributed by atoms with E-state index in [1.807, 2.05) is 0 Å². The first-order valence-corrected chi connectivity index (χ1v) is 9.94. The number of nitrogens with zero attached hydrogens (tertiary/aromatic N) is 2. The van der Waals surface area contributed by atoms with E-state index in [2.05, 4.69) is 21.0 Å². The third kappa shape index (κ3) is 3.94. The molecule has 29 heavy (non-hydrogen) atoms. The van der Waals surface area contributed by atoms with E-state index in [-0.39, 0.29) is 27.7 Å². The van der Waals surface area contributed by atoms with Gasteiger partial charge in [0.1, 0.15) is 29.2 Å². The highest BCUT2D eigenvalue weighted by molar-refractivity contribution is 9.10. The van der Waals surface area contributed by atoms with E-state index in [0.717, 1.165) is 48.6 Å². The molecule has 0 atom stereocenters. The Kier molecular flexibility index (Phi) is 5.45. The summed E-state index contributed by atoms with van der Waals surface area (Å²) in [5, 5.41) is 4.22. The summed E-state index contributed by atoms with van der Waals surface area (Å²) in [5.41, 5.74) is 0.520. The fourth-order valence-corrected chi connectivity index (χ4v) is 4.06. The van der Waals surface area contributed by atoms with Gasteiger partial charge in [-0.25, -0.2) is 22.6 Å². The van der Waals surface area contributed by atoms with Crippen molar-refractivity contribution in [3.05, 3.63) is 70.1 Å². The molecule has 2 aromatic carbocycles. The van der Waals surface area contributed by atoms with E-state index in [0.29, 0.717) is 5.56 Å². The van der Waals surface area contributed by atoms with Gasteiger partial charge in [-0.2, -0.15) is 5.10 Å². The van der Waals surface area contributed by atoms with Gasteiger partial charge in [0, 0.05) is 11.6 Å². The molecule has 4 rings (SSSR count). The van der Waals surface area contributed by atoms with E-state index in [9.17, 15) is 18.0 Å². The van der Waals surface area contributed by atoms with Crippen LogP contribution in [0.4, 0.5) is 13.2 Å². The van der Waals surface area contributed by atoms with E-state index in [4.69, 9.17) is 4.74 Å². The Bertz CT molecular complexity index is 1060. The minimum Gasteiger partial charge on any atom is -0.458 e. The summed E-state index contributed by atoms with van der Waals surface area (Å²) in [6, 6.07) is 8.35. The second-order valence-corrected chi connectivity index (χ2v) is 7.63.